The van der Waals surface area contributed by atoms with Gasteiger partial charge in [-0.25, -0.2) is 0 Å². The molecule has 0 spiro atoms. The van der Waals surface area contributed by atoms with E-state index in [2.05, 4.69) is 180 Å². The number of hydrogen-bond acceptors (Lipinski definition) is 0. The number of para-hydroxylation sites is 3. The van der Waals surface area contributed by atoms with Crippen molar-refractivity contribution >= 4 is 43.6 Å². The lowest BCUT2D eigenvalue weighted by Gasteiger charge is -2.12. The van der Waals surface area contributed by atoms with Crippen LogP contribution < -0.4 is 0 Å². The molecule has 7 aromatic carbocycles. The second-order valence-corrected chi connectivity index (χ2v) is 11.1. The van der Waals surface area contributed by atoms with Crippen molar-refractivity contribution in [2.45, 2.75) is 0 Å². The van der Waals surface area contributed by atoms with E-state index in [1.54, 1.807) is 0 Å². The van der Waals surface area contributed by atoms with Gasteiger partial charge in [0.2, 0.25) is 0 Å². The fourth-order valence-electron chi connectivity index (χ4n) is 6.41. The van der Waals surface area contributed by atoms with Crippen LogP contribution in [0.4, 0.5) is 0 Å². The summed E-state index contributed by atoms with van der Waals surface area (Å²) in [6.45, 7) is 0. The van der Waals surface area contributed by atoms with Crippen molar-refractivity contribution in [1.82, 2.24) is 9.97 Å². The van der Waals surface area contributed by atoms with Gasteiger partial charge in [0.25, 0.3) is 0 Å². The molecule has 208 valence electrons. The van der Waals surface area contributed by atoms with Gasteiger partial charge < -0.3 is 9.97 Å². The Hall–Kier alpha value is -5.86. The zero-order valence-corrected chi connectivity index (χ0v) is 24.2. The van der Waals surface area contributed by atoms with Gasteiger partial charge >= 0.3 is 0 Å². The quantitative estimate of drug-likeness (QED) is 0.215. The maximum absolute atomic E-state index is 3.66. The van der Waals surface area contributed by atoms with Crippen molar-refractivity contribution < 1.29 is 0 Å². The number of H-pyrrole nitrogens is 2. The molecule has 0 aliphatic carbocycles. The van der Waals surface area contributed by atoms with Crippen molar-refractivity contribution in [1.29, 1.82) is 0 Å². The van der Waals surface area contributed by atoms with Crippen LogP contribution >= 0.6 is 0 Å². The van der Waals surface area contributed by atoms with E-state index in [0.717, 1.165) is 0 Å². The molecular weight excluding hydrogens is 532 g/mol. The van der Waals surface area contributed by atoms with Gasteiger partial charge in [0, 0.05) is 43.7 Å². The van der Waals surface area contributed by atoms with Gasteiger partial charge in [-0.1, -0.05) is 158 Å². The Morgan fingerprint density at radius 2 is 0.727 bits per heavy atom. The smallest absolute Gasteiger partial charge is 0.0550 e. The molecule has 0 aliphatic rings. The third-order valence-corrected chi connectivity index (χ3v) is 8.46. The average molecular weight is 563 g/mol. The topological polar surface area (TPSA) is 31.6 Å². The standard InChI is InChI=1S/C24H17N.C18H13N/c1-3-9-17(10-4-1)19-15-16-21-20-13-7-8-14-22(20)25-24(21)23(19)18-11-5-2-6-12-18;1-2-7-13(8-3-1)14-10-6-11-16-15-9-4-5-12-17(15)19-18(14)16/h1-16,25H;1-12,19H. The second-order valence-electron chi connectivity index (χ2n) is 11.1. The van der Waals surface area contributed by atoms with Crippen molar-refractivity contribution in [3.05, 3.63) is 170 Å². The molecule has 9 rings (SSSR count). The van der Waals surface area contributed by atoms with E-state index in [-0.39, 0.29) is 0 Å². The van der Waals surface area contributed by atoms with Crippen LogP contribution in [0.5, 0.6) is 0 Å². The first-order chi connectivity index (χ1) is 21.8. The third kappa shape index (κ3) is 4.54. The van der Waals surface area contributed by atoms with E-state index >= 15 is 0 Å². The third-order valence-electron chi connectivity index (χ3n) is 8.46. The summed E-state index contributed by atoms with van der Waals surface area (Å²) in [5.41, 5.74) is 12.3. The molecule has 0 atom stereocenters. The van der Waals surface area contributed by atoms with Crippen molar-refractivity contribution in [2.24, 2.45) is 0 Å². The first-order valence-electron chi connectivity index (χ1n) is 15.0. The van der Waals surface area contributed by atoms with E-state index < -0.39 is 0 Å². The summed E-state index contributed by atoms with van der Waals surface area (Å²) in [4.78, 5) is 7.20. The fourth-order valence-corrected chi connectivity index (χ4v) is 6.41. The molecule has 0 fully saturated rings. The summed E-state index contributed by atoms with van der Waals surface area (Å²) in [6, 6.07) is 59.7. The molecule has 9 aromatic rings. The van der Waals surface area contributed by atoms with Crippen molar-refractivity contribution in [3.8, 4) is 33.4 Å². The monoisotopic (exact) mass is 562 g/mol. The Kier molecular flexibility index (Phi) is 6.51. The molecular formula is C42H30N2. The van der Waals surface area contributed by atoms with Crippen molar-refractivity contribution in [2.75, 3.05) is 0 Å². The fraction of sp³-hybridized carbons (Fsp3) is 0. The van der Waals surface area contributed by atoms with Crippen molar-refractivity contribution in [3.63, 3.8) is 0 Å². The summed E-state index contributed by atoms with van der Waals surface area (Å²) in [6.07, 6.45) is 0. The van der Waals surface area contributed by atoms with Crippen LogP contribution in [0.25, 0.3) is 77.0 Å². The van der Waals surface area contributed by atoms with Crippen LogP contribution in [0.3, 0.4) is 0 Å². The van der Waals surface area contributed by atoms with E-state index in [1.807, 2.05) is 0 Å². The molecule has 0 bridgehead atoms. The minimum Gasteiger partial charge on any atom is -0.354 e. The number of benzene rings is 7. The molecule has 0 aliphatic heterocycles. The summed E-state index contributed by atoms with van der Waals surface area (Å²) < 4.78 is 0. The zero-order valence-electron chi connectivity index (χ0n) is 24.2. The second kappa shape index (κ2) is 11.1. The lowest BCUT2D eigenvalue weighted by Crippen LogP contribution is -1.87. The average Bonchev–Trinajstić information content (AvgIpc) is 3.68. The van der Waals surface area contributed by atoms with Gasteiger partial charge in [-0.05, 0) is 34.4 Å². The summed E-state index contributed by atoms with van der Waals surface area (Å²) in [5.74, 6) is 0. The Morgan fingerprint density at radius 3 is 1.34 bits per heavy atom. The SMILES string of the molecule is c1ccc(-c2ccc3c([nH]c4ccccc43)c2-c2ccccc2)cc1.c1ccc(-c2cccc3c2[nH]c2ccccc23)cc1. The molecule has 2 nitrogen and oxygen atoms in total. The Balaban J connectivity index is 0.000000136. The number of aromatic amines is 2. The minimum atomic E-state index is 1.18. The van der Waals surface area contributed by atoms with Gasteiger partial charge in [0.15, 0.2) is 0 Å². The van der Waals surface area contributed by atoms with E-state index in [1.165, 1.54) is 77.0 Å². The number of aromatic nitrogens is 2. The largest absolute Gasteiger partial charge is 0.354 e. The van der Waals surface area contributed by atoms with Gasteiger partial charge in [-0.15, -0.1) is 0 Å². The Bertz CT molecular complexity index is 2360. The lowest BCUT2D eigenvalue weighted by atomic mass is 9.92. The molecule has 0 saturated carbocycles. The van der Waals surface area contributed by atoms with E-state index in [4.69, 9.17) is 0 Å². The van der Waals surface area contributed by atoms with Crippen LogP contribution in [-0.4, -0.2) is 9.97 Å². The normalized spacial score (nSPS) is 11.2. The van der Waals surface area contributed by atoms with Crippen LogP contribution in [0.2, 0.25) is 0 Å². The predicted octanol–water partition coefficient (Wildman–Crippen LogP) is 11.6. The molecule has 0 unspecified atom stereocenters. The van der Waals surface area contributed by atoms with Crippen LogP contribution in [0.1, 0.15) is 0 Å². The number of fused-ring (bicyclic) bond motifs is 6. The molecule has 44 heavy (non-hydrogen) atoms. The van der Waals surface area contributed by atoms with Gasteiger partial charge in [-0.2, -0.15) is 0 Å². The first kappa shape index (κ1) is 25.8. The molecule has 0 saturated heterocycles. The van der Waals surface area contributed by atoms with Crippen LogP contribution in [0.15, 0.2) is 170 Å². The lowest BCUT2D eigenvalue weighted by molar-refractivity contribution is 1.53. The summed E-state index contributed by atoms with van der Waals surface area (Å²) in [5, 5.41) is 5.12. The highest BCUT2D eigenvalue weighted by Crippen LogP contribution is 2.40. The number of rotatable bonds is 3. The summed E-state index contributed by atoms with van der Waals surface area (Å²) in [7, 11) is 0. The molecule has 2 heterocycles. The van der Waals surface area contributed by atoms with Crippen LogP contribution in [-0.2, 0) is 0 Å². The molecule has 2 heteroatoms. The Morgan fingerprint density at radius 1 is 0.273 bits per heavy atom. The minimum absolute atomic E-state index is 1.18. The van der Waals surface area contributed by atoms with E-state index in [0.29, 0.717) is 0 Å². The number of hydrogen-bond donors (Lipinski definition) is 2. The van der Waals surface area contributed by atoms with Gasteiger partial charge in [0.1, 0.15) is 0 Å². The van der Waals surface area contributed by atoms with Crippen LogP contribution in [0, 0.1) is 0 Å². The first-order valence-corrected chi connectivity index (χ1v) is 15.0. The molecule has 0 radical (unpaired) electrons. The Labute approximate surface area is 256 Å². The number of nitrogens with one attached hydrogen (secondary N) is 2. The zero-order chi connectivity index (χ0) is 29.3. The van der Waals surface area contributed by atoms with E-state index in [9.17, 15) is 0 Å². The molecule has 0 amide bonds. The van der Waals surface area contributed by atoms with Gasteiger partial charge in [0.05, 0.1) is 11.0 Å². The molecule has 2 aromatic heterocycles. The molecule has 2 N–H and O–H groups in total. The predicted molar refractivity (Wildman–Crippen MR) is 188 cm³/mol. The highest BCUT2D eigenvalue weighted by atomic mass is 14.7. The highest BCUT2D eigenvalue weighted by molar-refractivity contribution is 6.15. The highest BCUT2D eigenvalue weighted by Gasteiger charge is 2.15. The maximum atomic E-state index is 3.66. The summed E-state index contributed by atoms with van der Waals surface area (Å²) >= 11 is 0. The maximum Gasteiger partial charge on any atom is 0.0550 e. The van der Waals surface area contributed by atoms with Gasteiger partial charge in [-0.3, -0.25) is 0 Å².